The van der Waals surface area contributed by atoms with E-state index in [0.717, 1.165) is 18.7 Å². The van der Waals surface area contributed by atoms with Crippen molar-refractivity contribution in [1.82, 2.24) is 15.5 Å². The van der Waals surface area contributed by atoms with E-state index in [0.29, 0.717) is 30.9 Å². The van der Waals surface area contributed by atoms with Crippen LogP contribution in [0.25, 0.3) is 0 Å². The molecule has 172 valence electrons. The standard InChI is InChI=1S/C22H35N5O4/c1-15(2)25-19(28)14-24-20(29)17-13-16(7-8-18(17)23)26-9-6-10-27(12-11-26)21(30)31-22(3,4)5/h7-8,13,15H,6,9-12,14,23H2,1-5H3,(H,24,29)(H,25,28). The summed E-state index contributed by atoms with van der Waals surface area (Å²) in [5.41, 5.74) is 6.99. The number of rotatable bonds is 5. The highest BCUT2D eigenvalue weighted by Crippen LogP contribution is 2.23. The zero-order valence-electron chi connectivity index (χ0n) is 19.2. The molecule has 1 aliphatic rings. The Kier molecular flexibility index (Phi) is 8.13. The van der Waals surface area contributed by atoms with Gasteiger partial charge < -0.3 is 30.9 Å². The van der Waals surface area contributed by atoms with Crippen LogP contribution in [0.3, 0.4) is 0 Å². The number of hydrogen-bond donors (Lipinski definition) is 3. The number of nitrogen functional groups attached to an aromatic ring is 1. The molecule has 0 bridgehead atoms. The van der Waals surface area contributed by atoms with Gasteiger partial charge in [0.05, 0.1) is 12.1 Å². The molecule has 1 aromatic carbocycles. The number of amides is 3. The lowest BCUT2D eigenvalue weighted by molar-refractivity contribution is -0.120. The first-order valence-corrected chi connectivity index (χ1v) is 10.7. The molecule has 0 radical (unpaired) electrons. The summed E-state index contributed by atoms with van der Waals surface area (Å²) in [7, 11) is 0. The molecule has 0 unspecified atom stereocenters. The first-order chi connectivity index (χ1) is 14.5. The molecule has 31 heavy (non-hydrogen) atoms. The van der Waals surface area contributed by atoms with Gasteiger partial charge in [-0.05, 0) is 59.2 Å². The van der Waals surface area contributed by atoms with Gasteiger partial charge in [-0.3, -0.25) is 9.59 Å². The van der Waals surface area contributed by atoms with Crippen molar-refractivity contribution >= 4 is 29.3 Å². The average Bonchev–Trinajstić information content (AvgIpc) is 2.91. The average molecular weight is 434 g/mol. The molecule has 0 spiro atoms. The van der Waals surface area contributed by atoms with E-state index in [4.69, 9.17) is 10.5 Å². The van der Waals surface area contributed by atoms with E-state index in [1.165, 1.54) is 0 Å². The second kappa shape index (κ2) is 10.4. The summed E-state index contributed by atoms with van der Waals surface area (Å²) in [5, 5.41) is 5.34. The molecule has 3 amide bonds. The highest BCUT2D eigenvalue weighted by Gasteiger charge is 2.25. The van der Waals surface area contributed by atoms with E-state index in [9.17, 15) is 14.4 Å². The number of carbonyl (C=O) groups excluding carboxylic acids is 3. The third-order valence-electron chi connectivity index (χ3n) is 4.65. The van der Waals surface area contributed by atoms with Gasteiger partial charge in [-0.2, -0.15) is 0 Å². The lowest BCUT2D eigenvalue weighted by Crippen LogP contribution is -2.40. The molecule has 0 atom stereocenters. The maximum absolute atomic E-state index is 12.6. The van der Waals surface area contributed by atoms with Crippen LogP contribution in [0.15, 0.2) is 18.2 Å². The molecule has 9 nitrogen and oxygen atoms in total. The number of nitrogens with zero attached hydrogens (tertiary/aromatic N) is 2. The van der Waals surface area contributed by atoms with E-state index in [1.807, 2.05) is 40.7 Å². The van der Waals surface area contributed by atoms with Crippen LogP contribution in [0, 0.1) is 0 Å². The summed E-state index contributed by atoms with van der Waals surface area (Å²) in [6, 6.07) is 5.28. The molecule has 9 heteroatoms. The monoisotopic (exact) mass is 433 g/mol. The Bertz CT molecular complexity index is 804. The van der Waals surface area contributed by atoms with Gasteiger partial charge in [0.1, 0.15) is 5.60 Å². The number of anilines is 2. The van der Waals surface area contributed by atoms with Crippen LogP contribution in [0.2, 0.25) is 0 Å². The van der Waals surface area contributed by atoms with E-state index < -0.39 is 11.5 Å². The lowest BCUT2D eigenvalue weighted by atomic mass is 10.1. The quantitative estimate of drug-likeness (QED) is 0.611. The number of benzene rings is 1. The molecule has 1 fully saturated rings. The van der Waals surface area contributed by atoms with Crippen molar-refractivity contribution in [3.63, 3.8) is 0 Å². The van der Waals surface area contributed by atoms with Gasteiger partial charge in [0.15, 0.2) is 0 Å². The largest absolute Gasteiger partial charge is 0.444 e. The SMILES string of the molecule is CC(C)NC(=O)CNC(=O)c1cc(N2CCCN(C(=O)OC(C)(C)C)CC2)ccc1N. The van der Waals surface area contributed by atoms with Crippen molar-refractivity contribution in [2.75, 3.05) is 43.4 Å². The Hall–Kier alpha value is -2.97. The molecule has 1 aliphatic heterocycles. The Labute approximate surface area is 184 Å². The van der Waals surface area contributed by atoms with Crippen LogP contribution in [0.4, 0.5) is 16.2 Å². The van der Waals surface area contributed by atoms with E-state index in [1.54, 1.807) is 17.0 Å². The van der Waals surface area contributed by atoms with Gasteiger partial charge >= 0.3 is 6.09 Å². The van der Waals surface area contributed by atoms with Crippen LogP contribution >= 0.6 is 0 Å². The van der Waals surface area contributed by atoms with Crippen molar-refractivity contribution in [3.05, 3.63) is 23.8 Å². The fourth-order valence-electron chi connectivity index (χ4n) is 3.25. The van der Waals surface area contributed by atoms with Gasteiger partial charge in [0.2, 0.25) is 5.91 Å². The number of hydrogen-bond acceptors (Lipinski definition) is 6. The molecular formula is C22H35N5O4. The van der Waals surface area contributed by atoms with E-state index in [-0.39, 0.29) is 24.6 Å². The smallest absolute Gasteiger partial charge is 0.410 e. The molecule has 0 aliphatic carbocycles. The molecule has 1 heterocycles. The topological polar surface area (TPSA) is 117 Å². The zero-order chi connectivity index (χ0) is 23.2. The van der Waals surface area contributed by atoms with Gasteiger partial charge in [0.25, 0.3) is 5.91 Å². The van der Waals surface area contributed by atoms with Crippen molar-refractivity contribution < 1.29 is 19.1 Å². The molecule has 2 rings (SSSR count). The van der Waals surface area contributed by atoms with Gasteiger partial charge in [0, 0.05) is 43.6 Å². The van der Waals surface area contributed by atoms with Crippen molar-refractivity contribution in [3.8, 4) is 0 Å². The number of nitrogens with one attached hydrogen (secondary N) is 2. The van der Waals surface area contributed by atoms with Gasteiger partial charge in [-0.1, -0.05) is 0 Å². The first-order valence-electron chi connectivity index (χ1n) is 10.7. The number of carbonyl (C=O) groups is 3. The van der Waals surface area contributed by atoms with Crippen molar-refractivity contribution in [2.45, 2.75) is 52.7 Å². The molecule has 1 saturated heterocycles. The summed E-state index contributed by atoms with van der Waals surface area (Å²) < 4.78 is 5.48. The second-order valence-corrected chi connectivity index (χ2v) is 8.98. The van der Waals surface area contributed by atoms with Crippen molar-refractivity contribution in [1.29, 1.82) is 0 Å². The number of ether oxygens (including phenoxy) is 1. The van der Waals surface area contributed by atoms with Gasteiger partial charge in [-0.25, -0.2) is 4.79 Å². The molecule has 4 N–H and O–H groups in total. The second-order valence-electron chi connectivity index (χ2n) is 8.98. The predicted octanol–water partition coefficient (Wildman–Crippen LogP) is 1.97. The highest BCUT2D eigenvalue weighted by molar-refractivity contribution is 6.01. The highest BCUT2D eigenvalue weighted by atomic mass is 16.6. The van der Waals surface area contributed by atoms with Crippen LogP contribution < -0.4 is 21.3 Å². The fourth-order valence-corrected chi connectivity index (χ4v) is 3.25. The summed E-state index contributed by atoms with van der Waals surface area (Å²) in [4.78, 5) is 40.6. The molecule has 1 aromatic rings. The maximum Gasteiger partial charge on any atom is 0.410 e. The molecular weight excluding hydrogens is 398 g/mol. The van der Waals surface area contributed by atoms with Crippen LogP contribution in [0.1, 0.15) is 51.4 Å². The maximum atomic E-state index is 12.6. The molecule has 0 saturated carbocycles. The minimum absolute atomic E-state index is 0.00100. The molecule has 0 aromatic heterocycles. The minimum Gasteiger partial charge on any atom is -0.444 e. The normalized spacial score (nSPS) is 14.8. The van der Waals surface area contributed by atoms with Gasteiger partial charge in [-0.15, -0.1) is 0 Å². The summed E-state index contributed by atoms with van der Waals surface area (Å²) in [6.45, 7) is 11.6. The lowest BCUT2D eigenvalue weighted by Gasteiger charge is -2.27. The summed E-state index contributed by atoms with van der Waals surface area (Å²) in [6.07, 6.45) is 0.465. The van der Waals surface area contributed by atoms with Crippen LogP contribution in [-0.4, -0.2) is 67.2 Å². The third kappa shape index (κ3) is 7.66. The van der Waals surface area contributed by atoms with E-state index >= 15 is 0 Å². The third-order valence-corrected chi connectivity index (χ3v) is 4.65. The zero-order valence-corrected chi connectivity index (χ0v) is 19.2. The Balaban J connectivity index is 2.03. The fraction of sp³-hybridized carbons (Fsp3) is 0.591. The van der Waals surface area contributed by atoms with E-state index in [2.05, 4.69) is 15.5 Å². The Morgan fingerprint density at radius 1 is 1.13 bits per heavy atom. The minimum atomic E-state index is -0.533. The number of nitrogens with two attached hydrogens (primary N) is 1. The Morgan fingerprint density at radius 2 is 1.84 bits per heavy atom. The predicted molar refractivity (Wildman–Crippen MR) is 121 cm³/mol. The first kappa shape index (κ1) is 24.3. The van der Waals surface area contributed by atoms with Crippen molar-refractivity contribution in [2.24, 2.45) is 0 Å². The van der Waals surface area contributed by atoms with Crippen LogP contribution in [0.5, 0.6) is 0 Å². The Morgan fingerprint density at radius 3 is 2.48 bits per heavy atom. The van der Waals surface area contributed by atoms with Crippen LogP contribution in [-0.2, 0) is 9.53 Å². The summed E-state index contributed by atoms with van der Waals surface area (Å²) >= 11 is 0. The summed E-state index contributed by atoms with van der Waals surface area (Å²) in [5.74, 6) is -0.656.